The number of rotatable bonds is 3. The van der Waals surface area contributed by atoms with Gasteiger partial charge in [-0.1, -0.05) is 0 Å². The topological polar surface area (TPSA) is 44.1 Å². The molecule has 1 aliphatic rings. The molecule has 2 heterocycles. The van der Waals surface area contributed by atoms with Crippen LogP contribution in [0.2, 0.25) is 0 Å². The Morgan fingerprint density at radius 2 is 2.57 bits per heavy atom. The van der Waals surface area contributed by atoms with Crippen molar-refractivity contribution in [3.05, 3.63) is 30.1 Å². The Kier molecular flexibility index (Phi) is 2.35. The maximum atomic E-state index is 11.7. The van der Waals surface area contributed by atoms with E-state index in [4.69, 9.17) is 4.74 Å². The standard InChI is InChI=1S/C10H12N2O2/c1-8-11-3-4-12(8)6-10(13)9-2-5-14-7-9/h3-4,7H,2,5-6H2,1H3. The molecule has 0 amide bonds. The van der Waals surface area contributed by atoms with Crippen molar-refractivity contribution >= 4 is 5.78 Å². The zero-order chi connectivity index (χ0) is 9.97. The molecule has 0 aromatic carbocycles. The number of carbonyl (C=O) groups excluding carboxylic acids is 1. The largest absolute Gasteiger partial charge is 0.500 e. The summed E-state index contributed by atoms with van der Waals surface area (Å²) in [5.74, 6) is 0.974. The van der Waals surface area contributed by atoms with E-state index in [0.29, 0.717) is 13.2 Å². The van der Waals surface area contributed by atoms with Gasteiger partial charge < -0.3 is 9.30 Å². The van der Waals surface area contributed by atoms with Crippen LogP contribution in [0.25, 0.3) is 0 Å². The Bertz CT molecular complexity index is 379. The Labute approximate surface area is 82.2 Å². The number of carbonyl (C=O) groups is 1. The number of hydrogen-bond donors (Lipinski definition) is 0. The Hall–Kier alpha value is -1.58. The molecule has 0 bridgehead atoms. The van der Waals surface area contributed by atoms with Crippen molar-refractivity contribution in [2.45, 2.75) is 19.9 Å². The van der Waals surface area contributed by atoms with Crippen LogP contribution in [0.15, 0.2) is 24.2 Å². The lowest BCUT2D eigenvalue weighted by molar-refractivity contribution is -0.116. The van der Waals surface area contributed by atoms with E-state index in [1.165, 1.54) is 0 Å². The molecule has 1 aliphatic heterocycles. The molecule has 74 valence electrons. The number of aromatic nitrogens is 2. The molecule has 2 rings (SSSR count). The van der Waals surface area contributed by atoms with Crippen LogP contribution in [0, 0.1) is 6.92 Å². The summed E-state index contributed by atoms with van der Waals surface area (Å²) in [5, 5.41) is 0. The first-order valence-corrected chi connectivity index (χ1v) is 4.59. The lowest BCUT2D eigenvalue weighted by atomic mass is 10.1. The molecule has 0 atom stereocenters. The highest BCUT2D eigenvalue weighted by Crippen LogP contribution is 2.12. The van der Waals surface area contributed by atoms with Crippen LogP contribution in [0.4, 0.5) is 0 Å². The molecule has 4 heteroatoms. The number of ether oxygens (including phenoxy) is 1. The fourth-order valence-corrected chi connectivity index (χ4v) is 1.42. The van der Waals surface area contributed by atoms with Gasteiger partial charge in [-0.15, -0.1) is 0 Å². The number of hydrogen-bond acceptors (Lipinski definition) is 3. The van der Waals surface area contributed by atoms with Crippen LogP contribution in [-0.2, 0) is 16.1 Å². The van der Waals surface area contributed by atoms with Gasteiger partial charge in [0, 0.05) is 24.4 Å². The van der Waals surface area contributed by atoms with Gasteiger partial charge in [-0.25, -0.2) is 4.98 Å². The van der Waals surface area contributed by atoms with Gasteiger partial charge in [-0.2, -0.15) is 0 Å². The minimum atomic E-state index is 0.114. The minimum absolute atomic E-state index is 0.114. The molecule has 0 saturated heterocycles. The fraction of sp³-hybridized carbons (Fsp3) is 0.400. The quantitative estimate of drug-likeness (QED) is 0.719. The van der Waals surface area contributed by atoms with E-state index in [0.717, 1.165) is 17.8 Å². The molecule has 0 N–H and O–H groups in total. The highest BCUT2D eigenvalue weighted by Gasteiger charge is 2.15. The molecule has 1 aromatic rings. The van der Waals surface area contributed by atoms with Crippen molar-refractivity contribution < 1.29 is 9.53 Å². The number of imidazole rings is 1. The van der Waals surface area contributed by atoms with Crippen LogP contribution in [0.1, 0.15) is 12.2 Å². The number of Topliss-reactive ketones (excluding diaryl/α,β-unsaturated/α-hetero) is 1. The summed E-state index contributed by atoms with van der Waals surface area (Å²) < 4.78 is 6.85. The summed E-state index contributed by atoms with van der Waals surface area (Å²) in [6, 6.07) is 0. The summed E-state index contributed by atoms with van der Waals surface area (Å²) >= 11 is 0. The van der Waals surface area contributed by atoms with Crippen molar-refractivity contribution in [2.24, 2.45) is 0 Å². The normalized spacial score (nSPS) is 15.1. The molecule has 1 aromatic heterocycles. The number of aryl methyl sites for hydroxylation is 1. The van der Waals surface area contributed by atoms with Crippen LogP contribution < -0.4 is 0 Å². The second-order valence-electron chi connectivity index (χ2n) is 3.29. The molecule has 0 unspecified atom stereocenters. The summed E-state index contributed by atoms with van der Waals surface area (Å²) in [6.45, 7) is 2.87. The summed E-state index contributed by atoms with van der Waals surface area (Å²) in [4.78, 5) is 15.7. The van der Waals surface area contributed by atoms with Gasteiger partial charge in [-0.3, -0.25) is 4.79 Å². The molecule has 0 saturated carbocycles. The van der Waals surface area contributed by atoms with E-state index in [9.17, 15) is 4.79 Å². The second kappa shape index (κ2) is 3.65. The molecular weight excluding hydrogens is 180 g/mol. The zero-order valence-electron chi connectivity index (χ0n) is 8.06. The van der Waals surface area contributed by atoms with Gasteiger partial charge in [0.05, 0.1) is 19.4 Å². The molecule has 0 fully saturated rings. The monoisotopic (exact) mass is 192 g/mol. The lowest BCUT2D eigenvalue weighted by Crippen LogP contribution is -2.12. The average molecular weight is 192 g/mol. The maximum absolute atomic E-state index is 11.7. The minimum Gasteiger partial charge on any atom is -0.500 e. The maximum Gasteiger partial charge on any atom is 0.181 e. The highest BCUT2D eigenvalue weighted by molar-refractivity contribution is 5.95. The van der Waals surface area contributed by atoms with Crippen molar-refractivity contribution in [1.82, 2.24) is 9.55 Å². The smallest absolute Gasteiger partial charge is 0.181 e. The molecule has 0 spiro atoms. The Morgan fingerprint density at radius 3 is 3.14 bits per heavy atom. The summed E-state index contributed by atoms with van der Waals surface area (Å²) in [7, 11) is 0. The van der Waals surface area contributed by atoms with Gasteiger partial charge in [0.2, 0.25) is 0 Å². The van der Waals surface area contributed by atoms with Crippen molar-refractivity contribution in [3.63, 3.8) is 0 Å². The van der Waals surface area contributed by atoms with Crippen LogP contribution >= 0.6 is 0 Å². The van der Waals surface area contributed by atoms with Gasteiger partial charge in [0.25, 0.3) is 0 Å². The van der Waals surface area contributed by atoms with E-state index in [2.05, 4.69) is 4.98 Å². The van der Waals surface area contributed by atoms with E-state index in [1.54, 1.807) is 12.5 Å². The van der Waals surface area contributed by atoms with Crippen LogP contribution in [0.5, 0.6) is 0 Å². The predicted molar refractivity (Wildman–Crippen MR) is 50.6 cm³/mol. The van der Waals surface area contributed by atoms with E-state index in [1.807, 2.05) is 17.7 Å². The van der Waals surface area contributed by atoms with E-state index >= 15 is 0 Å². The first-order valence-electron chi connectivity index (χ1n) is 4.59. The second-order valence-corrected chi connectivity index (χ2v) is 3.29. The first-order chi connectivity index (χ1) is 6.77. The summed E-state index contributed by atoms with van der Waals surface area (Å²) in [6.07, 6.45) is 5.80. The number of nitrogens with zero attached hydrogens (tertiary/aromatic N) is 2. The van der Waals surface area contributed by atoms with E-state index < -0.39 is 0 Å². The summed E-state index contributed by atoms with van der Waals surface area (Å²) in [5.41, 5.74) is 0.776. The zero-order valence-corrected chi connectivity index (χ0v) is 8.06. The van der Waals surface area contributed by atoms with Crippen molar-refractivity contribution in [1.29, 1.82) is 0 Å². The van der Waals surface area contributed by atoms with Gasteiger partial charge in [-0.05, 0) is 6.92 Å². The lowest BCUT2D eigenvalue weighted by Gasteiger charge is -2.03. The molecular formula is C10H12N2O2. The molecule has 0 radical (unpaired) electrons. The molecule has 4 nitrogen and oxygen atoms in total. The average Bonchev–Trinajstić information content (AvgIpc) is 2.77. The van der Waals surface area contributed by atoms with Gasteiger partial charge >= 0.3 is 0 Å². The molecule has 0 aliphatic carbocycles. The Morgan fingerprint density at radius 1 is 1.71 bits per heavy atom. The van der Waals surface area contributed by atoms with Gasteiger partial charge in [0.15, 0.2) is 5.78 Å². The van der Waals surface area contributed by atoms with Crippen LogP contribution in [0.3, 0.4) is 0 Å². The van der Waals surface area contributed by atoms with Crippen LogP contribution in [-0.4, -0.2) is 21.9 Å². The van der Waals surface area contributed by atoms with E-state index in [-0.39, 0.29) is 5.78 Å². The third-order valence-corrected chi connectivity index (χ3v) is 2.31. The number of ketones is 1. The van der Waals surface area contributed by atoms with Gasteiger partial charge in [0.1, 0.15) is 5.82 Å². The molecule has 14 heavy (non-hydrogen) atoms. The van der Waals surface area contributed by atoms with Crippen molar-refractivity contribution in [3.8, 4) is 0 Å². The SMILES string of the molecule is Cc1nccn1CC(=O)C1=COCC1. The third-order valence-electron chi connectivity index (χ3n) is 2.31. The first kappa shape index (κ1) is 8.99. The predicted octanol–water partition coefficient (Wildman–Crippen LogP) is 1.06. The Balaban J connectivity index is 2.04. The fourth-order valence-electron chi connectivity index (χ4n) is 1.42. The third kappa shape index (κ3) is 1.69. The highest BCUT2D eigenvalue weighted by atomic mass is 16.5. The van der Waals surface area contributed by atoms with Crippen molar-refractivity contribution in [2.75, 3.05) is 6.61 Å².